The molecule has 0 radical (unpaired) electrons. The largest absolute Gasteiger partial charge is 0.378 e. The molecule has 1 aromatic heterocycles. The average Bonchev–Trinajstić information content (AvgIpc) is 3.04. The van der Waals surface area contributed by atoms with Crippen molar-refractivity contribution in [2.75, 3.05) is 24.3 Å². The molecule has 0 aliphatic carbocycles. The first-order valence-corrected chi connectivity index (χ1v) is 8.61. The molecule has 0 aliphatic rings. The number of rotatable bonds is 5. The van der Waals surface area contributed by atoms with Gasteiger partial charge in [0.25, 0.3) is 5.91 Å². The molecule has 0 unspecified atom stereocenters. The molecule has 0 bridgehead atoms. The zero-order valence-electron chi connectivity index (χ0n) is 14.0. The van der Waals surface area contributed by atoms with Crippen LogP contribution in [0.1, 0.15) is 20.8 Å². The third-order valence-electron chi connectivity index (χ3n) is 3.69. The molecule has 0 saturated heterocycles. The van der Waals surface area contributed by atoms with Gasteiger partial charge in [0.15, 0.2) is 5.13 Å². The number of benzene rings is 2. The number of carbonyl (C=O) groups excluding carboxylic acids is 1. The van der Waals surface area contributed by atoms with Gasteiger partial charge in [0.1, 0.15) is 5.82 Å². The Morgan fingerprint density at radius 3 is 2.68 bits per heavy atom. The third kappa shape index (κ3) is 4.42. The lowest BCUT2D eigenvalue weighted by Gasteiger charge is -2.13. The fourth-order valence-corrected chi connectivity index (χ4v) is 3.19. The highest BCUT2D eigenvalue weighted by atomic mass is 32.1. The predicted molar refractivity (Wildman–Crippen MR) is 100 cm³/mol. The summed E-state index contributed by atoms with van der Waals surface area (Å²) in [5, 5.41) is 3.38. The highest BCUT2D eigenvalue weighted by Gasteiger charge is 2.10. The van der Waals surface area contributed by atoms with Gasteiger partial charge in [0.05, 0.1) is 0 Å². The molecule has 3 rings (SSSR count). The van der Waals surface area contributed by atoms with Crippen LogP contribution in [-0.2, 0) is 6.42 Å². The van der Waals surface area contributed by atoms with Gasteiger partial charge in [0, 0.05) is 42.8 Å². The number of anilines is 2. The number of halogens is 1. The fourth-order valence-electron chi connectivity index (χ4n) is 2.35. The number of hydrogen-bond acceptors (Lipinski definition) is 4. The summed E-state index contributed by atoms with van der Waals surface area (Å²) in [6.45, 7) is 0. The SMILES string of the molecule is CN(C)c1cccc(C(=O)Nc2ncc(Cc3ccc(F)cc3)s2)c1. The Labute approximate surface area is 150 Å². The van der Waals surface area contributed by atoms with E-state index in [-0.39, 0.29) is 11.7 Å². The van der Waals surface area contributed by atoms with Crippen LogP contribution in [0.5, 0.6) is 0 Å². The van der Waals surface area contributed by atoms with Gasteiger partial charge in [-0.2, -0.15) is 0 Å². The van der Waals surface area contributed by atoms with Crippen molar-refractivity contribution in [2.45, 2.75) is 6.42 Å². The van der Waals surface area contributed by atoms with E-state index >= 15 is 0 Å². The van der Waals surface area contributed by atoms with E-state index in [9.17, 15) is 9.18 Å². The van der Waals surface area contributed by atoms with E-state index in [1.165, 1.54) is 23.5 Å². The van der Waals surface area contributed by atoms with Gasteiger partial charge in [-0.3, -0.25) is 10.1 Å². The second kappa shape index (κ2) is 7.44. The first kappa shape index (κ1) is 17.1. The Balaban J connectivity index is 1.67. The molecule has 0 atom stereocenters. The molecule has 4 nitrogen and oxygen atoms in total. The van der Waals surface area contributed by atoms with E-state index in [4.69, 9.17) is 0 Å². The molecule has 1 heterocycles. The monoisotopic (exact) mass is 355 g/mol. The number of aromatic nitrogens is 1. The lowest BCUT2D eigenvalue weighted by molar-refractivity contribution is 0.102. The minimum atomic E-state index is -0.249. The first-order chi connectivity index (χ1) is 12.0. The van der Waals surface area contributed by atoms with Gasteiger partial charge in [-0.25, -0.2) is 9.37 Å². The standard InChI is InChI=1S/C19H18FN3OS/c1-23(2)16-5-3-4-14(11-16)18(24)22-19-21-12-17(25-19)10-13-6-8-15(20)9-7-13/h3-9,11-12H,10H2,1-2H3,(H,21,22,24). The predicted octanol–water partition coefficient (Wildman–Crippen LogP) is 4.19. The highest BCUT2D eigenvalue weighted by molar-refractivity contribution is 7.15. The van der Waals surface area contributed by atoms with Crippen LogP contribution < -0.4 is 10.2 Å². The van der Waals surface area contributed by atoms with Crippen LogP contribution in [0.2, 0.25) is 0 Å². The topological polar surface area (TPSA) is 45.2 Å². The molecule has 25 heavy (non-hydrogen) atoms. The minimum Gasteiger partial charge on any atom is -0.378 e. The quantitative estimate of drug-likeness (QED) is 0.746. The highest BCUT2D eigenvalue weighted by Crippen LogP contribution is 2.22. The van der Waals surface area contributed by atoms with Crippen molar-refractivity contribution < 1.29 is 9.18 Å². The van der Waals surface area contributed by atoms with Gasteiger partial charge < -0.3 is 4.90 Å². The van der Waals surface area contributed by atoms with E-state index < -0.39 is 0 Å². The van der Waals surface area contributed by atoms with Crippen LogP contribution in [-0.4, -0.2) is 25.0 Å². The summed E-state index contributed by atoms with van der Waals surface area (Å²) in [5.74, 6) is -0.438. The molecular weight excluding hydrogens is 337 g/mol. The number of nitrogens with one attached hydrogen (secondary N) is 1. The first-order valence-electron chi connectivity index (χ1n) is 7.79. The molecule has 6 heteroatoms. The number of thiazole rings is 1. The Morgan fingerprint density at radius 2 is 1.96 bits per heavy atom. The molecule has 0 saturated carbocycles. The van der Waals surface area contributed by atoms with E-state index in [2.05, 4.69) is 10.3 Å². The molecule has 2 aromatic carbocycles. The zero-order chi connectivity index (χ0) is 17.8. The Hall–Kier alpha value is -2.73. The van der Waals surface area contributed by atoms with E-state index in [0.717, 1.165) is 16.1 Å². The maximum absolute atomic E-state index is 13.0. The Bertz CT molecular complexity index is 874. The van der Waals surface area contributed by atoms with E-state index in [1.54, 1.807) is 24.4 Å². The summed E-state index contributed by atoms with van der Waals surface area (Å²) in [7, 11) is 3.86. The van der Waals surface area contributed by atoms with Gasteiger partial charge in [-0.05, 0) is 35.9 Å². The van der Waals surface area contributed by atoms with Crippen LogP contribution in [0.15, 0.2) is 54.7 Å². The lowest BCUT2D eigenvalue weighted by Crippen LogP contribution is -2.14. The summed E-state index contributed by atoms with van der Waals surface area (Å²) in [6, 6.07) is 13.8. The van der Waals surface area contributed by atoms with Gasteiger partial charge >= 0.3 is 0 Å². The molecule has 1 amide bonds. The van der Waals surface area contributed by atoms with Gasteiger partial charge in [-0.1, -0.05) is 18.2 Å². The third-order valence-corrected chi connectivity index (χ3v) is 4.60. The summed E-state index contributed by atoms with van der Waals surface area (Å²) in [4.78, 5) is 19.6. The maximum Gasteiger partial charge on any atom is 0.257 e. The summed E-state index contributed by atoms with van der Waals surface area (Å²) < 4.78 is 13.0. The molecule has 0 spiro atoms. The molecule has 128 valence electrons. The molecule has 0 aliphatic heterocycles. The lowest BCUT2D eigenvalue weighted by atomic mass is 10.1. The maximum atomic E-state index is 13.0. The summed E-state index contributed by atoms with van der Waals surface area (Å²) in [6.07, 6.45) is 2.39. The van der Waals surface area contributed by atoms with Crippen LogP contribution >= 0.6 is 11.3 Å². The van der Waals surface area contributed by atoms with E-state index in [1.807, 2.05) is 37.2 Å². The van der Waals surface area contributed by atoms with Gasteiger partial charge in [0.2, 0.25) is 0 Å². The van der Waals surface area contributed by atoms with Crippen molar-refractivity contribution in [3.63, 3.8) is 0 Å². The van der Waals surface area contributed by atoms with Crippen LogP contribution in [0, 0.1) is 5.82 Å². The van der Waals surface area contributed by atoms with E-state index in [0.29, 0.717) is 17.1 Å². The molecule has 3 aromatic rings. The van der Waals surface area contributed by atoms with Gasteiger partial charge in [-0.15, -0.1) is 11.3 Å². The normalized spacial score (nSPS) is 10.5. The number of nitrogens with zero attached hydrogens (tertiary/aromatic N) is 2. The smallest absolute Gasteiger partial charge is 0.257 e. The second-order valence-electron chi connectivity index (χ2n) is 5.83. The number of hydrogen-bond donors (Lipinski definition) is 1. The van der Waals surface area contributed by atoms with Crippen LogP contribution in [0.25, 0.3) is 0 Å². The van der Waals surface area contributed by atoms with Crippen LogP contribution in [0.4, 0.5) is 15.2 Å². The molecule has 1 N–H and O–H groups in total. The van der Waals surface area contributed by atoms with Crippen LogP contribution in [0.3, 0.4) is 0 Å². The second-order valence-corrected chi connectivity index (χ2v) is 6.95. The Morgan fingerprint density at radius 1 is 1.20 bits per heavy atom. The van der Waals surface area contributed by atoms with Crippen molar-refractivity contribution in [1.82, 2.24) is 4.98 Å². The number of carbonyl (C=O) groups is 1. The average molecular weight is 355 g/mol. The van der Waals surface area contributed by atoms with Crippen molar-refractivity contribution in [1.29, 1.82) is 0 Å². The summed E-state index contributed by atoms with van der Waals surface area (Å²) in [5.41, 5.74) is 2.55. The van der Waals surface area contributed by atoms with Crippen molar-refractivity contribution in [2.24, 2.45) is 0 Å². The zero-order valence-corrected chi connectivity index (χ0v) is 14.8. The fraction of sp³-hybridized carbons (Fsp3) is 0.158. The molecular formula is C19H18FN3OS. The van der Waals surface area contributed by atoms with Crippen molar-refractivity contribution in [3.05, 3.63) is 76.5 Å². The van der Waals surface area contributed by atoms with Crippen molar-refractivity contribution >= 4 is 28.1 Å². The Kier molecular flexibility index (Phi) is 5.09. The van der Waals surface area contributed by atoms with Crippen molar-refractivity contribution in [3.8, 4) is 0 Å². The minimum absolute atomic E-state index is 0.189. The summed E-state index contributed by atoms with van der Waals surface area (Å²) >= 11 is 1.42. The molecule has 0 fully saturated rings. The number of amides is 1.